The summed E-state index contributed by atoms with van der Waals surface area (Å²) in [6.07, 6.45) is 0.964. The van der Waals surface area contributed by atoms with Gasteiger partial charge in [-0.05, 0) is 58.1 Å². The van der Waals surface area contributed by atoms with Crippen LogP contribution in [-0.4, -0.2) is 127 Å². The minimum absolute atomic E-state index is 0.0600. The predicted octanol–water partition coefficient (Wildman–Crippen LogP) is 1.21. The molecular weight excluding hydrogens is 733 g/mol. The summed E-state index contributed by atoms with van der Waals surface area (Å²) in [5.74, 6) is -10.1. The summed E-state index contributed by atoms with van der Waals surface area (Å²) in [5.41, 5.74) is -6.77. The number of rotatable bonds is 7. The molecule has 1 aliphatic heterocycles. The number of aryl methyl sites for hydroxylation is 1. The van der Waals surface area contributed by atoms with E-state index in [4.69, 9.17) is 0 Å². The fourth-order valence-electron chi connectivity index (χ4n) is 8.96. The number of likely N-dealkylation sites (N-methyl/N-ethyl adjacent to an activating group) is 1. The Morgan fingerprint density at radius 3 is 2.34 bits per heavy atom. The molecule has 5 atom stereocenters. The number of fused-ring (bicyclic) bond motifs is 4. The summed E-state index contributed by atoms with van der Waals surface area (Å²) in [4.78, 5) is 71.4. The summed E-state index contributed by atoms with van der Waals surface area (Å²) in [6.45, 7) is 4.48. The third-order valence-electron chi connectivity index (χ3n) is 11.9. The van der Waals surface area contributed by atoms with Crippen LogP contribution in [0.4, 0.5) is 10.1 Å². The molecule has 1 saturated carbocycles. The molecule has 0 radical (unpaired) electrons. The number of nitrogens with one attached hydrogen (secondary N) is 1. The van der Waals surface area contributed by atoms with E-state index in [9.17, 15) is 54.6 Å². The number of piperazine rings is 1. The van der Waals surface area contributed by atoms with E-state index >= 15 is 4.39 Å². The van der Waals surface area contributed by atoms with Gasteiger partial charge < -0.3 is 45.4 Å². The summed E-state index contributed by atoms with van der Waals surface area (Å²) in [6, 6.07) is 5.42. The highest BCUT2D eigenvalue weighted by Gasteiger charge is 2.66. The monoisotopic (exact) mass is 775 g/mol. The summed E-state index contributed by atoms with van der Waals surface area (Å²) < 4.78 is 17.0. The van der Waals surface area contributed by atoms with Crippen molar-refractivity contribution in [2.24, 2.45) is 11.8 Å². The predicted molar refractivity (Wildman–Crippen MR) is 199 cm³/mol. The largest absolute Gasteiger partial charge is 0.508 e. The number of phenolic OH excluding ortho intramolecular Hbond substituents is 1. The molecule has 16 nitrogen and oxygen atoms in total. The van der Waals surface area contributed by atoms with Gasteiger partial charge in [0, 0.05) is 61.7 Å². The summed E-state index contributed by atoms with van der Waals surface area (Å²) in [7, 11) is 3.01. The smallest absolute Gasteiger partial charge is 0.341 e. The van der Waals surface area contributed by atoms with Crippen LogP contribution in [0, 0.1) is 17.7 Å². The van der Waals surface area contributed by atoms with Gasteiger partial charge in [-0.1, -0.05) is 12.1 Å². The van der Waals surface area contributed by atoms with Crippen LogP contribution in [0.5, 0.6) is 5.75 Å². The van der Waals surface area contributed by atoms with Crippen LogP contribution in [0.1, 0.15) is 41.8 Å². The zero-order chi connectivity index (χ0) is 40.8. The van der Waals surface area contributed by atoms with Gasteiger partial charge in [0.05, 0.1) is 35.1 Å². The van der Waals surface area contributed by atoms with Gasteiger partial charge in [0.15, 0.2) is 11.4 Å². The second-order valence-corrected chi connectivity index (χ2v) is 15.1. The number of aromatic hydroxyl groups is 1. The van der Waals surface area contributed by atoms with Crippen molar-refractivity contribution < 1.29 is 54.2 Å². The molecular formula is C39H42FN5O11. The Kier molecular flexibility index (Phi) is 9.35. The molecule has 7 rings (SSSR count). The number of aliphatic hydroxyl groups is 4. The Labute approximate surface area is 319 Å². The zero-order valence-corrected chi connectivity index (χ0v) is 31.0. The number of carbonyl (C=O) groups is 4. The first kappa shape index (κ1) is 38.6. The molecule has 296 valence electrons. The number of ketones is 2. The number of aliphatic hydroxyl groups excluding tert-OH is 2. The van der Waals surface area contributed by atoms with Crippen molar-refractivity contribution in [1.29, 1.82) is 0 Å². The molecule has 2 heterocycles. The highest BCUT2D eigenvalue weighted by atomic mass is 19.1. The van der Waals surface area contributed by atoms with Gasteiger partial charge in [0.2, 0.25) is 11.2 Å². The van der Waals surface area contributed by atoms with E-state index < -0.39 is 97.7 Å². The number of carboxylic acid groups (broad SMARTS) is 1. The van der Waals surface area contributed by atoms with Crippen molar-refractivity contribution in [2.45, 2.75) is 44.1 Å². The number of aromatic nitrogens is 1. The van der Waals surface area contributed by atoms with E-state index in [0.717, 1.165) is 6.07 Å². The van der Waals surface area contributed by atoms with E-state index in [1.54, 1.807) is 21.3 Å². The van der Waals surface area contributed by atoms with Crippen molar-refractivity contribution in [2.75, 3.05) is 51.8 Å². The van der Waals surface area contributed by atoms with Crippen LogP contribution in [0.25, 0.3) is 16.7 Å². The number of phenols is 1. The number of halogens is 1. The maximum atomic E-state index is 15.4. The van der Waals surface area contributed by atoms with E-state index in [0.29, 0.717) is 25.2 Å². The molecule has 4 aliphatic rings. The van der Waals surface area contributed by atoms with Crippen LogP contribution in [0.3, 0.4) is 0 Å². The van der Waals surface area contributed by atoms with Gasteiger partial charge in [0.25, 0.3) is 5.91 Å². The second-order valence-electron chi connectivity index (χ2n) is 15.1. The molecule has 0 spiro atoms. The molecule has 0 bridgehead atoms. The molecule has 17 heteroatoms. The number of pyridine rings is 1. The number of aromatic carboxylic acids is 1. The molecule has 1 saturated heterocycles. The number of nitrogens with zero attached hydrogens (tertiary/aromatic N) is 4. The maximum absolute atomic E-state index is 15.4. The number of carbonyl (C=O) groups excluding carboxylic acids is 3. The lowest BCUT2D eigenvalue weighted by atomic mass is 9.54. The minimum Gasteiger partial charge on any atom is -0.508 e. The molecule has 2 fully saturated rings. The molecule has 1 amide bonds. The van der Waals surface area contributed by atoms with Crippen LogP contribution < -0.4 is 15.6 Å². The average Bonchev–Trinajstić information content (AvgIpc) is 3.14. The first-order valence-electron chi connectivity index (χ1n) is 18.1. The second kappa shape index (κ2) is 13.5. The lowest BCUT2D eigenvalue weighted by Crippen LogP contribution is -2.67. The number of hydrogen-bond acceptors (Lipinski definition) is 13. The zero-order valence-electron chi connectivity index (χ0n) is 31.0. The SMILES string of the molecule is CCn1cc(C(=O)O)c(=O)c2cc(F)c(N3CCN(CNC(=O)C4=C(O)[C@@]5(O)C(=O)C6=C(O)c7c(O)cccc7[C@@](C)(O)[C@H]6C[C@H]5[C@H](N(C)C)C4=O)CC3)cc21. The van der Waals surface area contributed by atoms with Gasteiger partial charge in [-0.25, -0.2) is 9.18 Å². The normalized spacial score (nSPS) is 26.7. The third kappa shape index (κ3) is 5.59. The van der Waals surface area contributed by atoms with Crippen molar-refractivity contribution in [3.63, 3.8) is 0 Å². The van der Waals surface area contributed by atoms with Gasteiger partial charge in [-0.15, -0.1) is 0 Å². The van der Waals surface area contributed by atoms with Gasteiger partial charge in [-0.2, -0.15) is 0 Å². The molecule has 3 aromatic rings. The van der Waals surface area contributed by atoms with Gasteiger partial charge >= 0.3 is 5.97 Å². The fraction of sp³-hybridized carbons (Fsp3) is 0.410. The molecule has 7 N–H and O–H groups in total. The number of benzene rings is 2. The third-order valence-corrected chi connectivity index (χ3v) is 11.9. The van der Waals surface area contributed by atoms with Crippen LogP contribution in [0.15, 0.2) is 58.2 Å². The van der Waals surface area contributed by atoms with E-state index in [1.807, 2.05) is 0 Å². The highest BCUT2D eigenvalue weighted by Crippen LogP contribution is 2.57. The minimum atomic E-state index is -2.86. The van der Waals surface area contributed by atoms with Crippen molar-refractivity contribution in [3.05, 3.63) is 86.2 Å². The standard InChI is InChI=1S/C39H42FN5O11/c1-5-44-16-19(37(53)54)31(47)18-13-23(40)25(15-24(18)44)45-11-9-43(10-12-45)17-41-36(52)29-33(49)30(42(3)4)22-14-21-28(34(50)39(22,56)35(29)51)32(48)27-20(38(21,2)55)7-6-8-26(27)46/h6-8,13,15-16,21-22,30,46,48,51,55-56H,5,9-12,14,17H2,1-4H3,(H,41,52)(H,53,54)/t21-,22-,30-,38+,39-/m0/s1. The number of amides is 1. The van der Waals surface area contributed by atoms with Gasteiger partial charge in [0.1, 0.15) is 34.2 Å². The fourth-order valence-corrected chi connectivity index (χ4v) is 8.96. The molecule has 0 unspecified atom stereocenters. The average molecular weight is 776 g/mol. The van der Waals surface area contributed by atoms with E-state index in [2.05, 4.69) is 5.32 Å². The number of hydrogen-bond donors (Lipinski definition) is 7. The lowest BCUT2D eigenvalue weighted by Gasteiger charge is -2.53. The molecule has 1 aromatic heterocycles. The van der Waals surface area contributed by atoms with Crippen LogP contribution in [-0.2, 0) is 26.5 Å². The van der Waals surface area contributed by atoms with Crippen LogP contribution in [0.2, 0.25) is 0 Å². The van der Waals surface area contributed by atoms with E-state index in [1.165, 1.54) is 56.4 Å². The summed E-state index contributed by atoms with van der Waals surface area (Å²) in [5, 5.41) is 69.4. The summed E-state index contributed by atoms with van der Waals surface area (Å²) >= 11 is 0. The first-order chi connectivity index (χ1) is 26.4. The Bertz CT molecular complexity index is 2360. The van der Waals surface area contributed by atoms with Crippen molar-refractivity contribution >= 4 is 45.8 Å². The quantitative estimate of drug-likeness (QED) is 0.167. The lowest BCUT2D eigenvalue weighted by molar-refractivity contribution is -0.159. The van der Waals surface area contributed by atoms with E-state index in [-0.39, 0.29) is 48.4 Å². The Morgan fingerprint density at radius 2 is 1.71 bits per heavy atom. The van der Waals surface area contributed by atoms with Gasteiger partial charge in [-0.3, -0.25) is 29.0 Å². The highest BCUT2D eigenvalue weighted by molar-refractivity contribution is 6.25. The molecule has 3 aliphatic carbocycles. The Hall–Kier alpha value is -5.62. The topological polar surface area (TPSA) is 233 Å². The van der Waals surface area contributed by atoms with Crippen LogP contribution >= 0.6 is 0 Å². The maximum Gasteiger partial charge on any atom is 0.341 e. The van der Waals surface area contributed by atoms with Crippen molar-refractivity contribution in [1.82, 2.24) is 19.7 Å². The first-order valence-corrected chi connectivity index (χ1v) is 18.1. The molecule has 2 aromatic carbocycles. The molecule has 56 heavy (non-hydrogen) atoms. The van der Waals surface area contributed by atoms with Crippen molar-refractivity contribution in [3.8, 4) is 5.75 Å². The Morgan fingerprint density at radius 1 is 1.04 bits per heavy atom. The number of Topliss-reactive ketones (excluding diaryl/α,β-unsaturated/α-hetero) is 2. The Balaban J connectivity index is 1.13. The number of anilines is 1. The number of carboxylic acids is 1.